The summed E-state index contributed by atoms with van der Waals surface area (Å²) in [4.78, 5) is 29.8. The van der Waals surface area contributed by atoms with Gasteiger partial charge in [-0.15, -0.1) is 0 Å². The Bertz CT molecular complexity index is 544. The summed E-state index contributed by atoms with van der Waals surface area (Å²) < 4.78 is 4.69. The number of nitrogens with zero attached hydrogens (tertiary/aromatic N) is 2. The van der Waals surface area contributed by atoms with Crippen molar-refractivity contribution in [3.63, 3.8) is 0 Å². The van der Waals surface area contributed by atoms with Gasteiger partial charge in [0, 0.05) is 18.7 Å². The van der Waals surface area contributed by atoms with E-state index in [0.717, 1.165) is 5.69 Å². The average molecular weight is 278 g/mol. The zero-order chi connectivity index (χ0) is 14.9. The highest BCUT2D eigenvalue weighted by molar-refractivity contribution is 5.98. The van der Waals surface area contributed by atoms with Gasteiger partial charge >= 0.3 is 5.97 Å². The lowest BCUT2D eigenvalue weighted by atomic mass is 10.1. The first-order valence-corrected chi connectivity index (χ1v) is 6.45. The maximum absolute atomic E-state index is 12.5. The average Bonchev–Trinajstić information content (AvgIpc) is 2.79. The van der Waals surface area contributed by atoms with Crippen LogP contribution in [0.25, 0.3) is 0 Å². The lowest BCUT2D eigenvalue weighted by Crippen LogP contribution is -2.41. The highest BCUT2D eigenvalue weighted by Crippen LogP contribution is 2.22. The molecule has 1 aromatic heterocycles. The molecule has 0 bridgehead atoms. The van der Waals surface area contributed by atoms with Crippen LogP contribution in [0.4, 0.5) is 0 Å². The number of aromatic nitrogens is 1. The van der Waals surface area contributed by atoms with Crippen molar-refractivity contribution in [2.24, 2.45) is 0 Å². The number of aliphatic hydroxyl groups is 1. The number of esters is 1. The van der Waals surface area contributed by atoms with E-state index in [0.29, 0.717) is 11.3 Å². The summed E-state index contributed by atoms with van der Waals surface area (Å²) in [6, 6.07) is 2.71. The van der Waals surface area contributed by atoms with Gasteiger partial charge in [-0.1, -0.05) is 0 Å². The first kappa shape index (κ1) is 14.5. The number of pyridine rings is 1. The van der Waals surface area contributed by atoms with Crippen LogP contribution in [0.15, 0.2) is 12.1 Å². The molecule has 0 radical (unpaired) electrons. The lowest BCUT2D eigenvalue weighted by Gasteiger charge is -2.23. The Labute approximate surface area is 117 Å². The van der Waals surface area contributed by atoms with Crippen molar-refractivity contribution >= 4 is 11.9 Å². The second kappa shape index (κ2) is 5.58. The minimum atomic E-state index is -0.733. The Hall–Kier alpha value is -1.95. The summed E-state index contributed by atoms with van der Waals surface area (Å²) in [5.41, 5.74) is 1.88. The van der Waals surface area contributed by atoms with E-state index in [1.54, 1.807) is 19.1 Å². The largest absolute Gasteiger partial charge is 0.467 e. The van der Waals surface area contributed by atoms with E-state index in [4.69, 9.17) is 0 Å². The highest BCUT2D eigenvalue weighted by Gasteiger charge is 2.40. The number of carbonyl (C=O) groups is 2. The van der Waals surface area contributed by atoms with Gasteiger partial charge in [0.1, 0.15) is 6.04 Å². The molecule has 2 unspecified atom stereocenters. The van der Waals surface area contributed by atoms with Gasteiger partial charge in [0.05, 0.1) is 24.5 Å². The van der Waals surface area contributed by atoms with Crippen molar-refractivity contribution in [1.82, 2.24) is 9.88 Å². The highest BCUT2D eigenvalue weighted by atomic mass is 16.5. The molecule has 2 atom stereocenters. The fourth-order valence-corrected chi connectivity index (χ4v) is 2.47. The lowest BCUT2D eigenvalue weighted by molar-refractivity contribution is -0.145. The Balaban J connectivity index is 2.29. The first-order chi connectivity index (χ1) is 9.43. The zero-order valence-electron chi connectivity index (χ0n) is 11.8. The normalized spacial score (nSPS) is 21.9. The second-order valence-corrected chi connectivity index (χ2v) is 4.97. The number of aryl methyl sites for hydroxylation is 2. The van der Waals surface area contributed by atoms with Crippen molar-refractivity contribution in [3.05, 3.63) is 29.1 Å². The molecule has 0 saturated carbocycles. The van der Waals surface area contributed by atoms with Gasteiger partial charge < -0.3 is 14.7 Å². The third-order valence-corrected chi connectivity index (χ3v) is 3.47. The molecule has 6 heteroatoms. The van der Waals surface area contributed by atoms with Crippen LogP contribution in [0.1, 0.15) is 28.2 Å². The molecule has 1 aliphatic heterocycles. The Kier molecular flexibility index (Phi) is 4.04. The van der Waals surface area contributed by atoms with Crippen LogP contribution in [-0.2, 0) is 9.53 Å². The number of hydrogen-bond acceptors (Lipinski definition) is 5. The number of hydrogen-bond donors (Lipinski definition) is 1. The summed E-state index contributed by atoms with van der Waals surface area (Å²) in [5.74, 6) is -0.811. The Morgan fingerprint density at radius 1 is 1.40 bits per heavy atom. The molecule has 108 valence electrons. The van der Waals surface area contributed by atoms with E-state index in [1.165, 1.54) is 12.0 Å². The SMILES string of the molecule is COC(=O)C1CC(O)CN1C(=O)c1ccc(C)nc1C. The van der Waals surface area contributed by atoms with Crippen LogP contribution in [0.2, 0.25) is 0 Å². The van der Waals surface area contributed by atoms with Gasteiger partial charge in [-0.25, -0.2) is 4.79 Å². The molecule has 0 aromatic carbocycles. The standard InChI is InChI=1S/C14H18N2O4/c1-8-4-5-11(9(2)15-8)13(18)16-7-10(17)6-12(16)14(19)20-3/h4-5,10,12,17H,6-7H2,1-3H3. The smallest absolute Gasteiger partial charge is 0.328 e. The van der Waals surface area contributed by atoms with Crippen molar-refractivity contribution in [1.29, 1.82) is 0 Å². The van der Waals surface area contributed by atoms with E-state index in [-0.39, 0.29) is 18.9 Å². The summed E-state index contributed by atoms with van der Waals surface area (Å²) in [7, 11) is 1.27. The van der Waals surface area contributed by atoms with Gasteiger partial charge in [0.15, 0.2) is 0 Å². The van der Waals surface area contributed by atoms with E-state index in [2.05, 4.69) is 9.72 Å². The molecule has 0 spiro atoms. The minimum absolute atomic E-state index is 0.131. The van der Waals surface area contributed by atoms with Crippen LogP contribution in [-0.4, -0.2) is 52.7 Å². The van der Waals surface area contributed by atoms with E-state index >= 15 is 0 Å². The number of methoxy groups -OCH3 is 1. The first-order valence-electron chi connectivity index (χ1n) is 6.45. The van der Waals surface area contributed by atoms with Gasteiger partial charge in [-0.3, -0.25) is 9.78 Å². The molecule has 2 heterocycles. The number of β-amino-alcohol motifs (C(OH)–C–C–N with tert-alkyl or cyclic N) is 1. The van der Waals surface area contributed by atoms with Crippen LogP contribution < -0.4 is 0 Å². The fourth-order valence-electron chi connectivity index (χ4n) is 2.47. The van der Waals surface area contributed by atoms with E-state index in [1.807, 2.05) is 6.92 Å². The van der Waals surface area contributed by atoms with Crippen molar-refractivity contribution < 1.29 is 19.4 Å². The quantitative estimate of drug-likeness (QED) is 0.794. The second-order valence-electron chi connectivity index (χ2n) is 4.97. The van der Waals surface area contributed by atoms with Crippen molar-refractivity contribution in [2.75, 3.05) is 13.7 Å². The molecular weight excluding hydrogens is 260 g/mol. The Morgan fingerprint density at radius 3 is 2.70 bits per heavy atom. The third-order valence-electron chi connectivity index (χ3n) is 3.47. The van der Waals surface area contributed by atoms with Crippen molar-refractivity contribution in [2.45, 2.75) is 32.4 Å². The van der Waals surface area contributed by atoms with Crippen molar-refractivity contribution in [3.8, 4) is 0 Å². The fraction of sp³-hybridized carbons (Fsp3) is 0.500. The molecular formula is C14H18N2O4. The third kappa shape index (κ3) is 2.65. The summed E-state index contributed by atoms with van der Waals surface area (Å²) >= 11 is 0. The number of aliphatic hydroxyl groups excluding tert-OH is 1. The van der Waals surface area contributed by atoms with E-state index in [9.17, 15) is 14.7 Å². The molecule has 20 heavy (non-hydrogen) atoms. The summed E-state index contributed by atoms with van der Waals surface area (Å²) in [6.45, 7) is 3.73. The maximum Gasteiger partial charge on any atom is 0.328 e. The zero-order valence-corrected chi connectivity index (χ0v) is 11.8. The predicted molar refractivity (Wildman–Crippen MR) is 71.2 cm³/mol. The van der Waals surface area contributed by atoms with Gasteiger partial charge in [0.2, 0.25) is 0 Å². The monoisotopic (exact) mass is 278 g/mol. The van der Waals surface area contributed by atoms with Crippen LogP contribution >= 0.6 is 0 Å². The van der Waals surface area contributed by atoms with Gasteiger partial charge in [-0.05, 0) is 26.0 Å². The van der Waals surface area contributed by atoms with Crippen LogP contribution in [0, 0.1) is 13.8 Å². The number of ether oxygens (including phenoxy) is 1. The molecule has 6 nitrogen and oxygen atoms in total. The molecule has 1 amide bonds. The Morgan fingerprint density at radius 2 is 2.10 bits per heavy atom. The molecule has 1 aromatic rings. The molecule has 0 aliphatic carbocycles. The number of likely N-dealkylation sites (tertiary alicyclic amines) is 1. The number of rotatable bonds is 2. The topological polar surface area (TPSA) is 79.7 Å². The maximum atomic E-state index is 12.5. The van der Waals surface area contributed by atoms with Gasteiger partial charge in [0.25, 0.3) is 5.91 Å². The molecule has 1 saturated heterocycles. The molecule has 1 N–H and O–H groups in total. The summed E-state index contributed by atoms with van der Waals surface area (Å²) in [5, 5.41) is 9.71. The number of carbonyl (C=O) groups excluding carboxylic acids is 2. The van der Waals surface area contributed by atoms with Gasteiger partial charge in [-0.2, -0.15) is 0 Å². The predicted octanol–water partition coefficient (Wildman–Crippen LogP) is 0.447. The van der Waals surface area contributed by atoms with Crippen LogP contribution in [0.5, 0.6) is 0 Å². The number of amides is 1. The minimum Gasteiger partial charge on any atom is -0.467 e. The molecule has 2 rings (SSSR count). The molecule has 1 fully saturated rings. The molecule has 1 aliphatic rings. The van der Waals surface area contributed by atoms with Crippen LogP contribution in [0.3, 0.4) is 0 Å². The van der Waals surface area contributed by atoms with E-state index < -0.39 is 18.1 Å². The summed E-state index contributed by atoms with van der Waals surface area (Å²) in [6.07, 6.45) is -0.502.